The van der Waals surface area contributed by atoms with Crippen molar-refractivity contribution < 1.29 is 31.0 Å². The second-order valence-electron chi connectivity index (χ2n) is 11.9. The number of hydrogen-bond donors (Lipinski definition) is 0. The molecule has 0 bridgehead atoms. The largest absolute Gasteiger partial charge is 0.494 e. The van der Waals surface area contributed by atoms with Crippen LogP contribution in [0.5, 0.6) is 5.75 Å². The first-order valence-corrected chi connectivity index (χ1v) is 17.3. The van der Waals surface area contributed by atoms with Gasteiger partial charge in [0.2, 0.25) is 0 Å². The van der Waals surface area contributed by atoms with E-state index >= 15 is 0 Å². The standard InChI is InChI=1S/C24H31O2.C16H25O.Fe/c1-3-5-6-7-8-9-10-15-21-22-18-20(25-4-2)16-17-23(22)26-24(21)19-13-11-12-14-19;1-2-3-4-5-6-7-8-9-14-16(17)15-12-10-11-13-15;/h11-14,16-18H,3-10,15H2,1-2H3;10-13H,2-9,14H2,1H3;. The third-order valence-electron chi connectivity index (χ3n) is 8.27. The SMILES string of the molecule is CCCCCCCCCCC(=O)[C]1[CH][CH][CH][CH]1.CCCCCCCCCc1c([C]2[CH][CH][CH][CH]2)oc2ccc(OCC)cc12.[Fe]. The third kappa shape index (κ3) is 14.0. The molecule has 0 amide bonds. The first-order valence-electron chi connectivity index (χ1n) is 17.3. The van der Waals surface area contributed by atoms with Crippen LogP contribution in [0.1, 0.15) is 135 Å². The zero-order valence-corrected chi connectivity index (χ0v) is 28.8. The summed E-state index contributed by atoms with van der Waals surface area (Å²) in [6.07, 6.45) is 37.5. The van der Waals surface area contributed by atoms with E-state index in [4.69, 9.17) is 9.15 Å². The fourth-order valence-corrected chi connectivity index (χ4v) is 5.77. The van der Waals surface area contributed by atoms with Crippen LogP contribution < -0.4 is 4.74 Å². The quantitative estimate of drug-likeness (QED) is 0.101. The van der Waals surface area contributed by atoms with Gasteiger partial charge in [-0.3, -0.25) is 4.79 Å². The van der Waals surface area contributed by atoms with Gasteiger partial charge in [-0.2, -0.15) is 0 Å². The van der Waals surface area contributed by atoms with Crippen LogP contribution >= 0.6 is 0 Å². The molecule has 4 heteroatoms. The molecule has 2 aliphatic rings. The van der Waals surface area contributed by atoms with Gasteiger partial charge in [0.15, 0.2) is 0 Å². The number of carbonyl (C=O) groups excluding carboxylic acids is 1. The van der Waals surface area contributed by atoms with Gasteiger partial charge in [0.1, 0.15) is 22.9 Å². The number of fused-ring (bicyclic) bond motifs is 1. The molecule has 0 atom stereocenters. The van der Waals surface area contributed by atoms with Crippen LogP contribution in [0.15, 0.2) is 22.6 Å². The molecule has 3 nitrogen and oxygen atoms in total. The first kappa shape index (κ1) is 38.9. The summed E-state index contributed by atoms with van der Waals surface area (Å²) >= 11 is 0. The van der Waals surface area contributed by atoms with E-state index < -0.39 is 0 Å². The summed E-state index contributed by atoms with van der Waals surface area (Å²) in [7, 11) is 0. The van der Waals surface area contributed by atoms with Crippen molar-refractivity contribution in [2.75, 3.05) is 6.61 Å². The topological polar surface area (TPSA) is 39.4 Å². The maximum atomic E-state index is 11.7. The Morgan fingerprint density at radius 2 is 1.23 bits per heavy atom. The van der Waals surface area contributed by atoms with E-state index in [1.165, 1.54) is 107 Å². The molecule has 2 aromatic rings. The monoisotopic (exact) mass is 640 g/mol. The molecule has 0 N–H and O–H groups in total. The Kier molecular flexibility index (Phi) is 21.2. The van der Waals surface area contributed by atoms with Gasteiger partial charge < -0.3 is 9.15 Å². The first-order chi connectivity index (χ1) is 21.2. The zero-order valence-electron chi connectivity index (χ0n) is 27.7. The van der Waals surface area contributed by atoms with E-state index in [0.29, 0.717) is 12.4 Å². The molecular weight excluding hydrogens is 584 g/mol. The summed E-state index contributed by atoms with van der Waals surface area (Å²) in [5, 5.41) is 1.21. The van der Waals surface area contributed by atoms with Crippen molar-refractivity contribution in [3.8, 4) is 5.75 Å². The summed E-state index contributed by atoms with van der Waals surface area (Å²) in [5.41, 5.74) is 2.30. The van der Waals surface area contributed by atoms with Gasteiger partial charge in [-0.15, -0.1) is 0 Å². The van der Waals surface area contributed by atoms with Crippen LogP contribution in [0, 0.1) is 63.2 Å². The number of ether oxygens (including phenoxy) is 1. The van der Waals surface area contributed by atoms with Gasteiger partial charge >= 0.3 is 0 Å². The summed E-state index contributed by atoms with van der Waals surface area (Å²) in [4.78, 5) is 11.7. The molecule has 4 rings (SSSR count). The van der Waals surface area contributed by atoms with Gasteiger partial charge in [0.05, 0.1) is 6.61 Å². The van der Waals surface area contributed by atoms with Crippen LogP contribution in [0.25, 0.3) is 11.0 Å². The normalized spacial score (nSPS) is 15.3. The van der Waals surface area contributed by atoms with Crippen molar-refractivity contribution in [2.45, 2.75) is 130 Å². The molecule has 242 valence electrons. The van der Waals surface area contributed by atoms with Crippen molar-refractivity contribution in [1.29, 1.82) is 0 Å². The summed E-state index contributed by atoms with van der Waals surface area (Å²) in [5.74, 6) is 4.33. The van der Waals surface area contributed by atoms with Crippen molar-refractivity contribution in [2.24, 2.45) is 0 Å². The number of rotatable bonds is 21. The van der Waals surface area contributed by atoms with E-state index in [9.17, 15) is 4.79 Å². The van der Waals surface area contributed by atoms with Gasteiger partial charge in [-0.25, -0.2) is 0 Å². The third-order valence-corrected chi connectivity index (χ3v) is 8.27. The summed E-state index contributed by atoms with van der Waals surface area (Å²) in [6.45, 7) is 7.22. The number of benzene rings is 1. The smallest absolute Gasteiger partial charge is 0.140 e. The molecule has 1 aromatic carbocycles. The van der Waals surface area contributed by atoms with Gasteiger partial charge in [0, 0.05) is 46.3 Å². The fraction of sp³-hybridized carbons (Fsp3) is 0.525. The van der Waals surface area contributed by atoms with Crippen molar-refractivity contribution >= 4 is 16.8 Å². The Hall–Kier alpha value is -1.25. The number of Topliss-reactive ketones (excluding diaryl/α,β-unsaturated/α-hetero) is 1. The molecular formula is C40H56FeO3. The van der Waals surface area contributed by atoms with Crippen LogP contribution in [-0.2, 0) is 28.3 Å². The minimum atomic E-state index is 0. The zero-order chi connectivity index (χ0) is 30.5. The van der Waals surface area contributed by atoms with E-state index in [0.717, 1.165) is 42.3 Å². The molecule has 1 heterocycles. The maximum absolute atomic E-state index is 11.7. The molecule has 0 saturated heterocycles. The molecule has 44 heavy (non-hydrogen) atoms. The minimum Gasteiger partial charge on any atom is -0.494 e. The van der Waals surface area contributed by atoms with Crippen molar-refractivity contribution in [3.63, 3.8) is 0 Å². The van der Waals surface area contributed by atoms with E-state index in [-0.39, 0.29) is 17.1 Å². The molecule has 2 aliphatic carbocycles. The summed E-state index contributed by atoms with van der Waals surface area (Å²) < 4.78 is 11.9. The Morgan fingerprint density at radius 1 is 0.682 bits per heavy atom. The minimum absolute atomic E-state index is 0. The Bertz CT molecular complexity index is 999. The van der Waals surface area contributed by atoms with E-state index in [2.05, 4.69) is 45.6 Å². The van der Waals surface area contributed by atoms with Crippen LogP contribution in [0.3, 0.4) is 0 Å². The number of ketones is 1. The van der Waals surface area contributed by atoms with Crippen molar-refractivity contribution in [3.05, 3.63) is 92.7 Å². The van der Waals surface area contributed by atoms with Gasteiger partial charge in [0.25, 0.3) is 0 Å². The Labute approximate surface area is 281 Å². The van der Waals surface area contributed by atoms with Crippen molar-refractivity contribution in [1.82, 2.24) is 0 Å². The second-order valence-corrected chi connectivity index (χ2v) is 11.9. The predicted octanol–water partition coefficient (Wildman–Crippen LogP) is 11.4. The summed E-state index contributed by atoms with van der Waals surface area (Å²) in [6, 6.07) is 6.19. The molecule has 0 spiro atoms. The fourth-order valence-electron chi connectivity index (χ4n) is 5.77. The molecule has 1 aromatic heterocycles. The average Bonchev–Trinajstić information content (AvgIpc) is 3.81. The molecule has 10 radical (unpaired) electrons. The molecule has 2 saturated carbocycles. The van der Waals surface area contributed by atoms with Crippen LogP contribution in [0.4, 0.5) is 0 Å². The van der Waals surface area contributed by atoms with Crippen LogP contribution in [-0.4, -0.2) is 12.4 Å². The van der Waals surface area contributed by atoms with Gasteiger partial charge in [-0.1, -0.05) is 97.3 Å². The predicted molar refractivity (Wildman–Crippen MR) is 181 cm³/mol. The number of aryl methyl sites for hydroxylation is 1. The van der Waals surface area contributed by atoms with E-state index in [1.54, 1.807) is 0 Å². The number of furan rings is 1. The van der Waals surface area contributed by atoms with Gasteiger partial charge in [-0.05, 0) is 95.8 Å². The average molecular weight is 641 g/mol. The second kappa shape index (κ2) is 24.0. The molecule has 2 fully saturated rings. The number of unbranched alkanes of at least 4 members (excludes halogenated alkanes) is 13. The van der Waals surface area contributed by atoms with E-state index in [1.807, 2.05) is 44.7 Å². The Morgan fingerprint density at radius 3 is 1.82 bits per heavy atom. The maximum Gasteiger partial charge on any atom is 0.140 e. The molecule has 0 unspecified atom stereocenters. The molecule has 0 aliphatic heterocycles. The number of carbonyl (C=O) groups is 1. The number of hydrogen-bond acceptors (Lipinski definition) is 3. The Balaban J connectivity index is 0.000000328. The van der Waals surface area contributed by atoms with Crippen LogP contribution in [0.2, 0.25) is 0 Å².